The second kappa shape index (κ2) is 7.17. The van der Waals surface area contributed by atoms with Gasteiger partial charge in [-0.2, -0.15) is 8.78 Å². The lowest BCUT2D eigenvalue weighted by Gasteiger charge is -2.12. The van der Waals surface area contributed by atoms with Crippen LogP contribution in [0.15, 0.2) is 42.0 Å². The average molecular weight is 239 g/mol. The molecule has 0 aliphatic heterocycles. The van der Waals surface area contributed by atoms with Crippen molar-refractivity contribution in [1.82, 2.24) is 0 Å². The van der Waals surface area contributed by atoms with Gasteiger partial charge in [0.05, 0.1) is 0 Å². The molecular weight excluding hydrogens is 220 g/mol. The Balaban J connectivity index is 2.47. The van der Waals surface area contributed by atoms with Gasteiger partial charge in [-0.25, -0.2) is 0 Å². The molecule has 0 aliphatic carbocycles. The van der Waals surface area contributed by atoms with E-state index in [0.717, 1.165) is 12.8 Å². The summed E-state index contributed by atoms with van der Waals surface area (Å²) in [5.74, 6) is -0.226. The summed E-state index contributed by atoms with van der Waals surface area (Å²) in [6, 6.07) is 9.91. The highest BCUT2D eigenvalue weighted by molar-refractivity contribution is 5.15. The Bertz CT molecular complexity index is 356. The van der Waals surface area contributed by atoms with Gasteiger partial charge in [-0.3, -0.25) is 0 Å². The molecule has 0 saturated heterocycles. The lowest BCUT2D eigenvalue weighted by Crippen LogP contribution is -2.14. The first-order chi connectivity index (χ1) is 8.15. The van der Waals surface area contributed by atoms with Crippen LogP contribution < -0.4 is 5.73 Å². The van der Waals surface area contributed by atoms with Gasteiger partial charge in [0.2, 0.25) is 0 Å². The summed E-state index contributed by atoms with van der Waals surface area (Å²) < 4.78 is 25.4. The normalized spacial score (nSPS) is 12.2. The van der Waals surface area contributed by atoms with Crippen molar-refractivity contribution >= 4 is 0 Å². The van der Waals surface area contributed by atoms with Crippen LogP contribution in [0.5, 0.6) is 0 Å². The number of nitrogens with two attached hydrogens (primary N) is 1. The molecule has 1 nitrogen and oxygen atoms in total. The number of halogens is 2. The van der Waals surface area contributed by atoms with Crippen LogP contribution in [-0.4, -0.2) is 6.54 Å². The molecule has 1 aromatic rings. The van der Waals surface area contributed by atoms with Crippen molar-refractivity contribution in [3.05, 3.63) is 47.5 Å². The lowest BCUT2D eigenvalue weighted by atomic mass is 9.96. The van der Waals surface area contributed by atoms with Gasteiger partial charge in [0.25, 0.3) is 6.08 Å². The Morgan fingerprint density at radius 3 is 2.41 bits per heavy atom. The first kappa shape index (κ1) is 13.8. The zero-order valence-corrected chi connectivity index (χ0v) is 10.1. The second-order valence-electron chi connectivity index (χ2n) is 4.26. The Kier molecular flexibility index (Phi) is 5.84. The number of benzene rings is 1. The van der Waals surface area contributed by atoms with Crippen LogP contribution in [0.2, 0.25) is 0 Å². The van der Waals surface area contributed by atoms with E-state index in [1.807, 2.05) is 30.3 Å². The SMILES string of the molecule is CC(CN)C(CCCc1ccccc1)=C(F)F. The molecule has 1 rings (SSSR count). The fourth-order valence-corrected chi connectivity index (χ4v) is 1.80. The van der Waals surface area contributed by atoms with Crippen LogP contribution in [-0.2, 0) is 6.42 Å². The maximum Gasteiger partial charge on any atom is 0.269 e. The van der Waals surface area contributed by atoms with E-state index in [0.29, 0.717) is 6.42 Å². The molecule has 0 radical (unpaired) electrons. The average Bonchev–Trinajstić information content (AvgIpc) is 2.34. The van der Waals surface area contributed by atoms with E-state index < -0.39 is 6.08 Å². The highest BCUT2D eigenvalue weighted by Crippen LogP contribution is 2.22. The molecular formula is C14H19F2N. The maximum absolute atomic E-state index is 12.7. The van der Waals surface area contributed by atoms with Crippen molar-refractivity contribution in [2.75, 3.05) is 6.54 Å². The standard InChI is InChI=1S/C14H19F2N/c1-11(10-17)13(14(15)16)9-5-8-12-6-3-2-4-7-12/h2-4,6-7,11H,5,8-10,17H2,1H3. The van der Waals surface area contributed by atoms with Gasteiger partial charge >= 0.3 is 0 Å². The van der Waals surface area contributed by atoms with Gasteiger partial charge < -0.3 is 5.73 Å². The van der Waals surface area contributed by atoms with Gasteiger partial charge in [0.15, 0.2) is 0 Å². The summed E-state index contributed by atoms with van der Waals surface area (Å²) in [4.78, 5) is 0. The van der Waals surface area contributed by atoms with Crippen molar-refractivity contribution in [2.24, 2.45) is 11.7 Å². The Hall–Kier alpha value is -1.22. The number of hydrogen-bond donors (Lipinski definition) is 1. The molecule has 0 amide bonds. The smallest absolute Gasteiger partial charge is 0.269 e. The molecule has 0 fully saturated rings. The molecule has 94 valence electrons. The van der Waals surface area contributed by atoms with Crippen molar-refractivity contribution < 1.29 is 8.78 Å². The quantitative estimate of drug-likeness (QED) is 0.803. The van der Waals surface area contributed by atoms with E-state index in [1.165, 1.54) is 5.56 Å². The molecule has 1 aromatic carbocycles. The van der Waals surface area contributed by atoms with E-state index in [4.69, 9.17) is 5.73 Å². The van der Waals surface area contributed by atoms with E-state index in [9.17, 15) is 8.78 Å². The van der Waals surface area contributed by atoms with Crippen LogP contribution in [0.4, 0.5) is 8.78 Å². The van der Waals surface area contributed by atoms with Crippen LogP contribution in [0.3, 0.4) is 0 Å². The second-order valence-corrected chi connectivity index (χ2v) is 4.26. The molecule has 0 aromatic heterocycles. The number of rotatable bonds is 6. The third kappa shape index (κ3) is 4.65. The predicted molar refractivity (Wildman–Crippen MR) is 66.8 cm³/mol. The minimum Gasteiger partial charge on any atom is -0.330 e. The Labute approximate surface area is 101 Å². The molecule has 0 saturated carbocycles. The highest BCUT2D eigenvalue weighted by atomic mass is 19.3. The lowest BCUT2D eigenvalue weighted by molar-refractivity contribution is 0.390. The van der Waals surface area contributed by atoms with Crippen molar-refractivity contribution in [3.63, 3.8) is 0 Å². The fraction of sp³-hybridized carbons (Fsp3) is 0.429. The molecule has 0 aliphatic rings. The van der Waals surface area contributed by atoms with E-state index in [1.54, 1.807) is 6.92 Å². The van der Waals surface area contributed by atoms with Crippen molar-refractivity contribution in [2.45, 2.75) is 26.2 Å². The molecule has 2 N–H and O–H groups in total. The van der Waals surface area contributed by atoms with Crippen molar-refractivity contribution in [3.8, 4) is 0 Å². The van der Waals surface area contributed by atoms with Crippen LogP contribution in [0, 0.1) is 5.92 Å². The van der Waals surface area contributed by atoms with Crippen LogP contribution in [0.1, 0.15) is 25.3 Å². The van der Waals surface area contributed by atoms with E-state index in [2.05, 4.69) is 0 Å². The van der Waals surface area contributed by atoms with Gasteiger partial charge in [0.1, 0.15) is 0 Å². The van der Waals surface area contributed by atoms with E-state index in [-0.39, 0.29) is 18.0 Å². The summed E-state index contributed by atoms with van der Waals surface area (Å²) in [6.07, 6.45) is 0.432. The van der Waals surface area contributed by atoms with Gasteiger partial charge in [0, 0.05) is 0 Å². The molecule has 1 unspecified atom stereocenters. The maximum atomic E-state index is 12.7. The van der Waals surface area contributed by atoms with Crippen molar-refractivity contribution in [1.29, 1.82) is 0 Å². The molecule has 3 heteroatoms. The first-order valence-corrected chi connectivity index (χ1v) is 5.93. The molecule has 0 bridgehead atoms. The summed E-state index contributed by atoms with van der Waals surface area (Å²) in [5, 5.41) is 0. The summed E-state index contributed by atoms with van der Waals surface area (Å²) in [5.41, 5.74) is 6.82. The molecule has 17 heavy (non-hydrogen) atoms. The van der Waals surface area contributed by atoms with Crippen LogP contribution in [0.25, 0.3) is 0 Å². The Morgan fingerprint density at radius 1 is 1.24 bits per heavy atom. The number of aryl methyl sites for hydroxylation is 1. The molecule has 0 spiro atoms. The number of hydrogen-bond acceptors (Lipinski definition) is 1. The zero-order valence-electron chi connectivity index (χ0n) is 10.1. The summed E-state index contributed by atoms with van der Waals surface area (Å²) >= 11 is 0. The summed E-state index contributed by atoms with van der Waals surface area (Å²) in [7, 11) is 0. The minimum absolute atomic E-state index is 0.212. The van der Waals surface area contributed by atoms with Gasteiger partial charge in [-0.15, -0.1) is 0 Å². The molecule has 0 heterocycles. The zero-order chi connectivity index (χ0) is 12.7. The Morgan fingerprint density at radius 2 is 1.88 bits per heavy atom. The topological polar surface area (TPSA) is 26.0 Å². The highest BCUT2D eigenvalue weighted by Gasteiger charge is 2.13. The first-order valence-electron chi connectivity index (χ1n) is 5.93. The monoisotopic (exact) mass is 239 g/mol. The summed E-state index contributed by atoms with van der Waals surface area (Å²) in [6.45, 7) is 2.02. The minimum atomic E-state index is -1.56. The van der Waals surface area contributed by atoms with Crippen LogP contribution >= 0.6 is 0 Å². The van der Waals surface area contributed by atoms with Gasteiger partial charge in [-0.1, -0.05) is 37.3 Å². The van der Waals surface area contributed by atoms with E-state index >= 15 is 0 Å². The fourth-order valence-electron chi connectivity index (χ4n) is 1.80. The molecule has 1 atom stereocenters. The third-order valence-corrected chi connectivity index (χ3v) is 2.95. The third-order valence-electron chi connectivity index (χ3n) is 2.95. The predicted octanol–water partition coefficient (Wildman–Crippen LogP) is 3.75. The van der Waals surface area contributed by atoms with Gasteiger partial charge in [-0.05, 0) is 42.9 Å². The largest absolute Gasteiger partial charge is 0.330 e.